The predicted molar refractivity (Wildman–Crippen MR) is 104 cm³/mol. The normalized spacial score (nSPS) is 30.9. The van der Waals surface area contributed by atoms with Crippen molar-refractivity contribution in [3.8, 4) is 0 Å². The van der Waals surface area contributed by atoms with Gasteiger partial charge >= 0.3 is 0 Å². The maximum Gasteiger partial charge on any atom is 0.192 e. The number of allylic oxidation sites excluding steroid dienone is 1. The van der Waals surface area contributed by atoms with E-state index in [0.29, 0.717) is 6.61 Å². The van der Waals surface area contributed by atoms with Crippen molar-refractivity contribution in [3.63, 3.8) is 0 Å². The molecule has 1 aliphatic rings. The molecular weight excluding hydrogens is 407 g/mol. The minimum atomic E-state index is -1.78. The summed E-state index contributed by atoms with van der Waals surface area (Å²) in [4.78, 5) is 11.7. The Hall–Kier alpha value is 0.567. The Bertz CT molecular complexity index is 413. The molecule has 2 atom stereocenters. The second-order valence-corrected chi connectivity index (χ2v) is 14.6. The van der Waals surface area contributed by atoms with Crippen LogP contribution in [0.4, 0.5) is 0 Å². The average molecular weight is 440 g/mol. The predicted octanol–water partition coefficient (Wildman–Crippen LogP) is 6.00. The van der Waals surface area contributed by atoms with Gasteiger partial charge in [-0.05, 0) is 70.1 Å². The fourth-order valence-corrected chi connectivity index (χ4v) is 4.01. The van der Waals surface area contributed by atoms with Gasteiger partial charge < -0.3 is 4.43 Å². The number of hydrogen-bond acceptors (Lipinski definition) is 3. The van der Waals surface area contributed by atoms with E-state index in [1.807, 2.05) is 0 Å². The van der Waals surface area contributed by atoms with Gasteiger partial charge in [0.15, 0.2) is 8.32 Å². The molecule has 0 radical (unpaired) electrons. The molecule has 130 valence electrons. The molecular formula is C17H33IO3Si. The van der Waals surface area contributed by atoms with Gasteiger partial charge in [0.2, 0.25) is 0 Å². The summed E-state index contributed by atoms with van der Waals surface area (Å²) < 4.78 is 7.66. The summed E-state index contributed by atoms with van der Waals surface area (Å²) in [6.45, 7) is 18.4. The minimum absolute atomic E-state index is 0.210. The van der Waals surface area contributed by atoms with Crippen LogP contribution in [0.15, 0.2) is 9.66 Å². The molecule has 0 aromatic carbocycles. The lowest BCUT2D eigenvalue weighted by molar-refractivity contribution is -0.346. The van der Waals surface area contributed by atoms with Crippen molar-refractivity contribution in [2.24, 2.45) is 0 Å². The van der Waals surface area contributed by atoms with Crippen molar-refractivity contribution in [1.29, 1.82) is 0 Å². The van der Waals surface area contributed by atoms with Gasteiger partial charge in [-0.15, -0.1) is 0 Å². The van der Waals surface area contributed by atoms with Crippen LogP contribution in [0.5, 0.6) is 0 Å². The highest BCUT2D eigenvalue weighted by atomic mass is 127. The molecule has 5 heteroatoms. The Labute approximate surface area is 151 Å². The molecule has 1 rings (SSSR count). The summed E-state index contributed by atoms with van der Waals surface area (Å²) in [6, 6.07) is 0. The molecule has 0 unspecified atom stereocenters. The first-order valence-electron chi connectivity index (χ1n) is 8.27. The molecule has 1 fully saturated rings. The maximum atomic E-state index is 6.43. The minimum Gasteiger partial charge on any atom is -0.414 e. The van der Waals surface area contributed by atoms with Crippen LogP contribution in [0.3, 0.4) is 0 Å². The second-order valence-electron chi connectivity index (χ2n) is 8.08. The molecule has 1 saturated heterocycles. The monoisotopic (exact) mass is 440 g/mol. The van der Waals surface area contributed by atoms with E-state index >= 15 is 0 Å². The van der Waals surface area contributed by atoms with Gasteiger partial charge in [-0.2, -0.15) is 0 Å². The van der Waals surface area contributed by atoms with Crippen LogP contribution in [0.1, 0.15) is 60.8 Å². The first-order chi connectivity index (χ1) is 9.91. The zero-order chi connectivity index (χ0) is 17.2. The van der Waals surface area contributed by atoms with Crippen molar-refractivity contribution in [1.82, 2.24) is 0 Å². The summed E-state index contributed by atoms with van der Waals surface area (Å²) >= 11 is 2.34. The molecule has 22 heavy (non-hydrogen) atoms. The number of hydrogen-bond donors (Lipinski definition) is 0. The molecule has 0 bridgehead atoms. The van der Waals surface area contributed by atoms with Crippen molar-refractivity contribution in [2.45, 2.75) is 90.1 Å². The Morgan fingerprint density at radius 2 is 1.82 bits per heavy atom. The van der Waals surface area contributed by atoms with Gasteiger partial charge in [-0.25, -0.2) is 9.78 Å². The van der Waals surface area contributed by atoms with Gasteiger partial charge in [-0.3, -0.25) is 0 Å². The first kappa shape index (κ1) is 20.6. The highest BCUT2D eigenvalue weighted by Crippen LogP contribution is 2.44. The van der Waals surface area contributed by atoms with Crippen LogP contribution in [-0.4, -0.2) is 26.1 Å². The summed E-state index contributed by atoms with van der Waals surface area (Å²) in [6.07, 6.45) is 4.87. The smallest absolute Gasteiger partial charge is 0.192 e. The molecule has 1 aliphatic heterocycles. The summed E-state index contributed by atoms with van der Waals surface area (Å²) in [5.41, 5.74) is -0.633. The average Bonchev–Trinajstić information content (AvgIpc) is 2.75. The summed E-state index contributed by atoms with van der Waals surface area (Å²) in [5, 5.41) is 0.210. The lowest BCUT2D eigenvalue weighted by Gasteiger charge is -2.38. The van der Waals surface area contributed by atoms with Crippen LogP contribution in [0.2, 0.25) is 18.1 Å². The van der Waals surface area contributed by atoms with Gasteiger partial charge in [0.1, 0.15) is 11.2 Å². The fourth-order valence-electron chi connectivity index (χ4n) is 2.39. The zero-order valence-corrected chi connectivity index (χ0v) is 18.7. The molecule has 3 nitrogen and oxygen atoms in total. The van der Waals surface area contributed by atoms with Gasteiger partial charge in [-0.1, -0.05) is 34.6 Å². The highest BCUT2D eigenvalue weighted by molar-refractivity contribution is 14.1. The Morgan fingerprint density at radius 1 is 1.23 bits per heavy atom. The van der Waals surface area contributed by atoms with E-state index in [0.717, 1.165) is 19.3 Å². The van der Waals surface area contributed by atoms with Gasteiger partial charge in [0, 0.05) is 6.42 Å². The van der Waals surface area contributed by atoms with Crippen LogP contribution in [0.25, 0.3) is 0 Å². The van der Waals surface area contributed by atoms with Crippen LogP contribution in [0, 0.1) is 0 Å². The standard InChI is InChI=1S/C17H33IO3Si/c1-9-16(11-14(3)18)12-17(10-2,21-20-16)13-19-22(7,8)15(4,5)6/h11H,9-10,12-13H2,1-8H3/b14-11-/t16-,17-/m0/s1. The molecule has 0 aliphatic carbocycles. The molecule has 0 spiro atoms. The van der Waals surface area contributed by atoms with E-state index in [9.17, 15) is 0 Å². The SMILES string of the molecule is CC[C@]1(/C=C(/C)I)C[C@@](CC)(CO[Si](C)(C)C(C)(C)C)OO1. The van der Waals surface area contributed by atoms with Crippen LogP contribution in [-0.2, 0) is 14.2 Å². The van der Waals surface area contributed by atoms with Crippen LogP contribution < -0.4 is 0 Å². The van der Waals surface area contributed by atoms with Crippen molar-refractivity contribution >= 4 is 30.9 Å². The van der Waals surface area contributed by atoms with E-state index in [1.54, 1.807) is 0 Å². The Kier molecular flexibility index (Phi) is 6.76. The molecule has 0 aromatic heterocycles. The third-order valence-electron chi connectivity index (χ3n) is 5.21. The Balaban J connectivity index is 2.86. The van der Waals surface area contributed by atoms with E-state index in [2.05, 4.69) is 83.3 Å². The topological polar surface area (TPSA) is 27.7 Å². The van der Waals surface area contributed by atoms with E-state index in [-0.39, 0.29) is 16.2 Å². The second kappa shape index (κ2) is 7.21. The molecule has 0 amide bonds. The summed E-state index contributed by atoms with van der Waals surface area (Å²) in [7, 11) is -1.78. The fraction of sp³-hybridized carbons (Fsp3) is 0.882. The lowest BCUT2D eigenvalue weighted by atomic mass is 9.85. The quantitative estimate of drug-likeness (QED) is 0.288. The first-order valence-corrected chi connectivity index (χ1v) is 12.3. The van der Waals surface area contributed by atoms with Gasteiger partial charge in [0.25, 0.3) is 0 Å². The van der Waals surface area contributed by atoms with Gasteiger partial charge in [0.05, 0.1) is 6.61 Å². The number of rotatable bonds is 6. The molecule has 1 heterocycles. The third-order valence-corrected chi connectivity index (χ3v) is 10.0. The maximum absolute atomic E-state index is 6.43. The molecule has 0 N–H and O–H groups in total. The largest absolute Gasteiger partial charge is 0.414 e. The van der Waals surface area contributed by atoms with E-state index in [4.69, 9.17) is 14.2 Å². The molecule has 0 saturated carbocycles. The van der Waals surface area contributed by atoms with Crippen molar-refractivity contribution in [2.75, 3.05) is 6.61 Å². The zero-order valence-electron chi connectivity index (χ0n) is 15.5. The lowest BCUT2D eigenvalue weighted by Crippen LogP contribution is -2.46. The van der Waals surface area contributed by atoms with Crippen molar-refractivity contribution in [3.05, 3.63) is 9.66 Å². The van der Waals surface area contributed by atoms with E-state index < -0.39 is 8.32 Å². The van der Waals surface area contributed by atoms with Crippen LogP contribution >= 0.6 is 22.6 Å². The molecule has 0 aromatic rings. The third kappa shape index (κ3) is 4.78. The van der Waals surface area contributed by atoms with E-state index in [1.165, 1.54) is 3.58 Å². The van der Waals surface area contributed by atoms with Crippen molar-refractivity contribution < 1.29 is 14.2 Å². The number of halogens is 1. The summed E-state index contributed by atoms with van der Waals surface area (Å²) in [5.74, 6) is 0. The highest BCUT2D eigenvalue weighted by Gasteiger charge is 2.50. The Morgan fingerprint density at radius 3 is 2.23 bits per heavy atom.